The number of amides is 1. The summed E-state index contributed by atoms with van der Waals surface area (Å²) in [6.45, 7) is 0.878. The molecule has 28 heavy (non-hydrogen) atoms. The molecule has 2 aliphatic heterocycles. The van der Waals surface area contributed by atoms with E-state index >= 15 is 0 Å². The molecule has 2 aromatic rings. The number of carbonyl (C=O) groups is 2. The lowest BCUT2D eigenvalue weighted by Crippen LogP contribution is -2.43. The van der Waals surface area contributed by atoms with E-state index in [0.29, 0.717) is 50.1 Å². The van der Waals surface area contributed by atoms with Gasteiger partial charge in [-0.15, -0.1) is 0 Å². The van der Waals surface area contributed by atoms with Crippen molar-refractivity contribution in [3.63, 3.8) is 0 Å². The third-order valence-corrected chi connectivity index (χ3v) is 5.59. The van der Waals surface area contributed by atoms with Crippen LogP contribution in [0.1, 0.15) is 46.4 Å². The molecule has 2 heterocycles. The number of benzene rings is 2. The molecule has 0 aromatic heterocycles. The monoisotopic (exact) mass is 383 g/mol. The zero-order valence-corrected chi connectivity index (χ0v) is 15.7. The van der Waals surface area contributed by atoms with Crippen molar-refractivity contribution in [3.05, 3.63) is 59.4 Å². The van der Waals surface area contributed by atoms with Crippen LogP contribution in [0.15, 0.2) is 42.5 Å². The van der Waals surface area contributed by atoms with Gasteiger partial charge < -0.3 is 14.4 Å². The predicted molar refractivity (Wildman–Crippen MR) is 101 cm³/mol. The van der Waals surface area contributed by atoms with Gasteiger partial charge in [0.2, 0.25) is 0 Å². The third kappa shape index (κ3) is 3.23. The van der Waals surface area contributed by atoms with Crippen LogP contribution in [-0.4, -0.2) is 42.4 Å². The van der Waals surface area contributed by atoms with Crippen molar-refractivity contribution in [2.45, 2.75) is 31.3 Å². The Kier molecular flexibility index (Phi) is 4.79. The van der Waals surface area contributed by atoms with Crippen molar-refractivity contribution in [1.82, 2.24) is 4.90 Å². The second-order valence-corrected chi connectivity index (χ2v) is 7.34. The largest absolute Gasteiger partial charge is 0.496 e. The average molecular weight is 383 g/mol. The van der Waals surface area contributed by atoms with Crippen LogP contribution in [0.4, 0.5) is 4.39 Å². The number of hydrogen-bond donors (Lipinski definition) is 0. The fraction of sp³-hybridized carbons (Fsp3) is 0.364. The van der Waals surface area contributed by atoms with Crippen molar-refractivity contribution < 1.29 is 23.5 Å². The number of Topliss-reactive ketones (excluding diaryl/α,β-unsaturated/α-hetero) is 1. The number of ether oxygens (including phenoxy) is 2. The number of methoxy groups -OCH3 is 1. The van der Waals surface area contributed by atoms with Gasteiger partial charge in [0.05, 0.1) is 19.1 Å². The molecule has 6 heteroatoms. The highest BCUT2D eigenvalue weighted by atomic mass is 19.1. The van der Waals surface area contributed by atoms with Gasteiger partial charge in [0, 0.05) is 19.5 Å². The van der Waals surface area contributed by atoms with Crippen LogP contribution in [0.2, 0.25) is 0 Å². The van der Waals surface area contributed by atoms with Gasteiger partial charge in [-0.1, -0.05) is 18.2 Å². The molecule has 2 aliphatic rings. The smallest absolute Gasteiger partial charge is 0.260 e. The summed E-state index contributed by atoms with van der Waals surface area (Å²) >= 11 is 0. The van der Waals surface area contributed by atoms with Crippen LogP contribution in [0.25, 0.3) is 0 Å². The Morgan fingerprint density at radius 2 is 1.96 bits per heavy atom. The van der Waals surface area contributed by atoms with E-state index in [-0.39, 0.29) is 17.1 Å². The van der Waals surface area contributed by atoms with E-state index in [1.165, 1.54) is 19.2 Å². The zero-order valence-electron chi connectivity index (χ0n) is 15.7. The van der Waals surface area contributed by atoms with Gasteiger partial charge in [0.15, 0.2) is 5.78 Å². The molecule has 1 spiro atoms. The fourth-order valence-corrected chi connectivity index (χ4v) is 4.13. The van der Waals surface area contributed by atoms with Crippen LogP contribution in [0.3, 0.4) is 0 Å². The summed E-state index contributed by atoms with van der Waals surface area (Å²) in [5, 5.41) is 0. The second kappa shape index (κ2) is 7.26. The number of nitrogens with zero attached hydrogens (tertiary/aromatic N) is 1. The summed E-state index contributed by atoms with van der Waals surface area (Å²) < 4.78 is 25.7. The zero-order chi connectivity index (χ0) is 19.7. The maximum Gasteiger partial charge on any atom is 0.260 e. The average Bonchev–Trinajstić information content (AvgIpc) is 2.89. The summed E-state index contributed by atoms with van der Waals surface area (Å²) in [7, 11) is 1.42. The van der Waals surface area contributed by atoms with Crippen molar-refractivity contribution in [1.29, 1.82) is 0 Å². The summed E-state index contributed by atoms with van der Waals surface area (Å²) in [6, 6.07) is 11.6. The molecule has 1 fully saturated rings. The number of rotatable bonds is 2. The van der Waals surface area contributed by atoms with Crippen LogP contribution >= 0.6 is 0 Å². The van der Waals surface area contributed by atoms with E-state index in [9.17, 15) is 14.0 Å². The lowest BCUT2D eigenvalue weighted by Gasteiger charge is -2.37. The van der Waals surface area contributed by atoms with E-state index in [1.807, 2.05) is 18.2 Å². The first-order chi connectivity index (χ1) is 13.5. The van der Waals surface area contributed by atoms with Gasteiger partial charge in [-0.25, -0.2) is 4.39 Å². The highest BCUT2D eigenvalue weighted by Crippen LogP contribution is 2.39. The van der Waals surface area contributed by atoms with E-state index < -0.39 is 17.3 Å². The molecule has 1 saturated heterocycles. The van der Waals surface area contributed by atoms with E-state index in [4.69, 9.17) is 9.47 Å². The summed E-state index contributed by atoms with van der Waals surface area (Å²) in [5.41, 5.74) is -0.0481. The topological polar surface area (TPSA) is 55.8 Å². The summed E-state index contributed by atoms with van der Waals surface area (Å²) in [4.78, 5) is 27.2. The van der Waals surface area contributed by atoms with Gasteiger partial charge in [-0.05, 0) is 37.1 Å². The first kappa shape index (κ1) is 18.5. The highest BCUT2D eigenvalue weighted by molar-refractivity contribution is 6.00. The van der Waals surface area contributed by atoms with E-state index in [0.717, 1.165) is 0 Å². The standard InChI is InChI=1S/C22H22FNO4/c1-27-19-9-4-7-16(23)20(19)21(26)24-12-5-10-22(11-13-24)14-17(25)15-6-2-3-8-18(15)28-22/h2-4,6-9H,5,10-14H2,1H3. The molecule has 5 nitrogen and oxygen atoms in total. The Labute approximate surface area is 163 Å². The van der Waals surface area contributed by atoms with Gasteiger partial charge in [0.25, 0.3) is 5.91 Å². The second-order valence-electron chi connectivity index (χ2n) is 7.34. The Morgan fingerprint density at radius 3 is 2.79 bits per heavy atom. The molecule has 2 aromatic carbocycles. The molecule has 4 rings (SSSR count). The molecule has 1 amide bonds. The Balaban J connectivity index is 1.55. The highest BCUT2D eigenvalue weighted by Gasteiger charge is 2.42. The van der Waals surface area contributed by atoms with Crippen LogP contribution in [-0.2, 0) is 0 Å². The summed E-state index contributed by atoms with van der Waals surface area (Å²) in [6.07, 6.45) is 2.17. The number of carbonyl (C=O) groups excluding carboxylic acids is 2. The van der Waals surface area contributed by atoms with Crippen molar-refractivity contribution in [2.75, 3.05) is 20.2 Å². The van der Waals surface area contributed by atoms with Crippen molar-refractivity contribution in [3.8, 4) is 11.5 Å². The van der Waals surface area contributed by atoms with Crippen LogP contribution in [0.5, 0.6) is 11.5 Å². The minimum atomic E-state index is -0.611. The van der Waals surface area contributed by atoms with E-state index in [2.05, 4.69) is 0 Å². The quantitative estimate of drug-likeness (QED) is 0.790. The van der Waals surface area contributed by atoms with Crippen LogP contribution < -0.4 is 9.47 Å². The molecule has 1 atom stereocenters. The molecule has 0 N–H and O–H groups in total. The third-order valence-electron chi connectivity index (χ3n) is 5.59. The molecule has 0 bridgehead atoms. The molecular weight excluding hydrogens is 361 g/mol. The first-order valence-electron chi connectivity index (χ1n) is 9.46. The Hall–Kier alpha value is -2.89. The number of halogens is 1. The molecule has 0 saturated carbocycles. The van der Waals surface area contributed by atoms with Gasteiger partial charge >= 0.3 is 0 Å². The lowest BCUT2D eigenvalue weighted by molar-refractivity contribution is 0.0300. The number of para-hydroxylation sites is 1. The molecule has 0 aliphatic carbocycles. The lowest BCUT2D eigenvalue weighted by atomic mass is 9.84. The SMILES string of the molecule is COc1cccc(F)c1C(=O)N1CCCC2(CC1)CC(=O)c1ccccc1O2. The Morgan fingerprint density at radius 1 is 1.14 bits per heavy atom. The van der Waals surface area contributed by atoms with Gasteiger partial charge in [-0.2, -0.15) is 0 Å². The molecule has 1 unspecified atom stereocenters. The van der Waals surface area contributed by atoms with Gasteiger partial charge in [0.1, 0.15) is 28.5 Å². The fourth-order valence-electron chi connectivity index (χ4n) is 4.13. The predicted octanol–water partition coefficient (Wildman–Crippen LogP) is 3.86. The molecule has 0 radical (unpaired) electrons. The summed E-state index contributed by atoms with van der Waals surface area (Å²) in [5.74, 6) is -0.0930. The maximum absolute atomic E-state index is 14.3. The molecular formula is C22H22FNO4. The number of likely N-dealkylation sites (tertiary alicyclic amines) is 1. The number of ketones is 1. The van der Waals surface area contributed by atoms with Gasteiger partial charge in [-0.3, -0.25) is 9.59 Å². The Bertz CT molecular complexity index is 929. The number of hydrogen-bond acceptors (Lipinski definition) is 4. The minimum absolute atomic E-state index is 0.0491. The van der Waals surface area contributed by atoms with Crippen molar-refractivity contribution >= 4 is 11.7 Å². The van der Waals surface area contributed by atoms with Crippen molar-refractivity contribution in [2.24, 2.45) is 0 Å². The van der Waals surface area contributed by atoms with E-state index in [1.54, 1.807) is 17.0 Å². The maximum atomic E-state index is 14.3. The normalized spacial score (nSPS) is 21.6. The minimum Gasteiger partial charge on any atom is -0.496 e. The molecule has 146 valence electrons. The van der Waals surface area contributed by atoms with Crippen LogP contribution in [0, 0.1) is 5.82 Å². The number of fused-ring (bicyclic) bond motifs is 1. The first-order valence-corrected chi connectivity index (χ1v) is 9.46.